The van der Waals surface area contributed by atoms with E-state index in [1.165, 1.54) is 24.6 Å². The van der Waals surface area contributed by atoms with E-state index in [-0.39, 0.29) is 23.7 Å². The van der Waals surface area contributed by atoms with Crippen LogP contribution < -0.4 is 14.8 Å². The van der Waals surface area contributed by atoms with Crippen LogP contribution in [0.5, 0.6) is 11.5 Å². The van der Waals surface area contributed by atoms with Gasteiger partial charge in [0, 0.05) is 11.8 Å². The maximum atomic E-state index is 12.3. The Balaban J connectivity index is 1.77. The van der Waals surface area contributed by atoms with E-state index in [1.807, 2.05) is 19.1 Å². The molecule has 0 saturated heterocycles. The summed E-state index contributed by atoms with van der Waals surface area (Å²) in [6, 6.07) is 4.05. The fraction of sp³-hybridized carbons (Fsp3) is 0.636. The van der Waals surface area contributed by atoms with Gasteiger partial charge in [-0.2, -0.15) is 0 Å². The summed E-state index contributed by atoms with van der Waals surface area (Å²) in [5.41, 5.74) is 2.14. The highest BCUT2D eigenvalue weighted by Gasteiger charge is 2.21. The molecule has 2 rings (SSSR count). The number of hydrogen-bond donors (Lipinski definition) is 1. The zero-order valence-electron chi connectivity index (χ0n) is 17.9. The number of ether oxygens (including phenoxy) is 3. The molecule has 1 aromatic carbocycles. The lowest BCUT2D eigenvalue weighted by Gasteiger charge is -2.19. The number of aryl methyl sites for hydroxylation is 1. The number of benzene rings is 1. The Labute approximate surface area is 178 Å². The van der Waals surface area contributed by atoms with E-state index in [1.54, 1.807) is 21.1 Å². The van der Waals surface area contributed by atoms with Crippen LogP contribution in [-0.4, -0.2) is 44.0 Å². The maximum Gasteiger partial charge on any atom is 0.316 e. The number of amides is 1. The van der Waals surface area contributed by atoms with Gasteiger partial charge < -0.3 is 19.5 Å². The number of thioether (sulfide) groups is 1. The van der Waals surface area contributed by atoms with Crippen LogP contribution in [0.15, 0.2) is 12.1 Å². The molecule has 0 radical (unpaired) electrons. The predicted molar refractivity (Wildman–Crippen MR) is 116 cm³/mol. The van der Waals surface area contributed by atoms with Crippen molar-refractivity contribution in [2.75, 3.05) is 20.0 Å². The molecule has 0 unspecified atom stereocenters. The third-order valence-corrected chi connectivity index (χ3v) is 6.15. The van der Waals surface area contributed by atoms with Crippen molar-refractivity contribution >= 4 is 23.6 Å². The van der Waals surface area contributed by atoms with Crippen molar-refractivity contribution in [2.45, 2.75) is 70.3 Å². The fourth-order valence-corrected chi connectivity index (χ4v) is 4.32. The molecule has 6 nitrogen and oxygen atoms in total. The van der Waals surface area contributed by atoms with E-state index in [2.05, 4.69) is 5.32 Å². The van der Waals surface area contributed by atoms with Gasteiger partial charge in [-0.25, -0.2) is 0 Å². The van der Waals surface area contributed by atoms with E-state index in [4.69, 9.17) is 14.2 Å². The van der Waals surface area contributed by atoms with Crippen LogP contribution in [0.1, 0.15) is 56.6 Å². The zero-order chi connectivity index (χ0) is 21.2. The van der Waals surface area contributed by atoms with Gasteiger partial charge in [-0.1, -0.05) is 25.7 Å². The summed E-state index contributed by atoms with van der Waals surface area (Å²) >= 11 is 1.45. The average molecular weight is 424 g/mol. The van der Waals surface area contributed by atoms with Gasteiger partial charge in [0.25, 0.3) is 5.91 Å². The van der Waals surface area contributed by atoms with Gasteiger partial charge in [0.1, 0.15) is 0 Å². The molecule has 0 heterocycles. The molecule has 1 saturated carbocycles. The number of carbonyl (C=O) groups is 2. The van der Waals surface area contributed by atoms with Gasteiger partial charge in [-0.3, -0.25) is 9.59 Å². The van der Waals surface area contributed by atoms with Gasteiger partial charge in [-0.05, 0) is 49.9 Å². The first-order valence-corrected chi connectivity index (χ1v) is 11.4. The lowest BCUT2D eigenvalue weighted by atomic mass is 10.1. The summed E-state index contributed by atoms with van der Waals surface area (Å²) in [6.07, 6.45) is 5.99. The first-order valence-electron chi connectivity index (χ1n) is 10.2. The largest absolute Gasteiger partial charge is 0.493 e. The Kier molecular flexibility index (Phi) is 9.64. The summed E-state index contributed by atoms with van der Waals surface area (Å²) in [5.74, 6) is 1.60. The first-order chi connectivity index (χ1) is 13.9. The molecule has 1 aliphatic rings. The van der Waals surface area contributed by atoms with Crippen LogP contribution in [-0.2, 0) is 20.1 Å². The van der Waals surface area contributed by atoms with Crippen molar-refractivity contribution in [2.24, 2.45) is 0 Å². The lowest BCUT2D eigenvalue weighted by molar-refractivity contribution is -0.152. The summed E-state index contributed by atoms with van der Waals surface area (Å²) in [7, 11) is 3.21. The topological polar surface area (TPSA) is 73.9 Å². The first kappa shape index (κ1) is 23.4. The summed E-state index contributed by atoms with van der Waals surface area (Å²) < 4.78 is 16.0. The number of carbonyl (C=O) groups excluding carboxylic acids is 2. The van der Waals surface area contributed by atoms with Crippen molar-refractivity contribution in [3.05, 3.63) is 23.3 Å². The third kappa shape index (κ3) is 7.46. The zero-order valence-corrected chi connectivity index (χ0v) is 18.7. The third-order valence-electron chi connectivity index (χ3n) is 5.20. The van der Waals surface area contributed by atoms with E-state index in [9.17, 15) is 9.59 Å². The lowest BCUT2D eigenvalue weighted by Crippen LogP contribution is -2.42. The smallest absolute Gasteiger partial charge is 0.316 e. The molecule has 1 amide bonds. The number of methoxy groups -OCH3 is 2. The van der Waals surface area contributed by atoms with Crippen molar-refractivity contribution in [3.63, 3.8) is 0 Å². The van der Waals surface area contributed by atoms with Crippen LogP contribution in [0.25, 0.3) is 0 Å². The van der Waals surface area contributed by atoms with Crippen LogP contribution >= 0.6 is 11.8 Å². The van der Waals surface area contributed by atoms with E-state index < -0.39 is 6.10 Å². The minimum absolute atomic E-state index is 0.189. The van der Waals surface area contributed by atoms with Gasteiger partial charge in [0.15, 0.2) is 17.6 Å². The van der Waals surface area contributed by atoms with Gasteiger partial charge in [-0.15, -0.1) is 11.8 Å². The Morgan fingerprint density at radius 3 is 2.34 bits per heavy atom. The highest BCUT2D eigenvalue weighted by Crippen LogP contribution is 2.31. The number of rotatable bonds is 9. The second kappa shape index (κ2) is 12.0. The predicted octanol–water partition coefficient (Wildman–Crippen LogP) is 4.02. The standard InChI is InChI=1S/C22H33NO5S/c1-15-11-19(26-3)20(27-4)12-17(15)13-29-14-21(24)28-16(2)22(25)23-18-9-7-5-6-8-10-18/h11-12,16,18H,5-10,13-14H2,1-4H3,(H,23,25)/t16-/m1/s1. The fourth-order valence-electron chi connectivity index (χ4n) is 3.45. The average Bonchev–Trinajstić information content (AvgIpc) is 2.97. The van der Waals surface area contributed by atoms with Gasteiger partial charge in [0.2, 0.25) is 0 Å². The van der Waals surface area contributed by atoms with E-state index >= 15 is 0 Å². The second-order valence-corrected chi connectivity index (χ2v) is 8.44. The summed E-state index contributed by atoms with van der Waals surface area (Å²) in [6.45, 7) is 3.63. The molecule has 1 atom stereocenters. The Morgan fingerprint density at radius 1 is 1.10 bits per heavy atom. The molecule has 1 N–H and O–H groups in total. The molecule has 29 heavy (non-hydrogen) atoms. The molecule has 1 aromatic rings. The second-order valence-electron chi connectivity index (χ2n) is 7.46. The maximum absolute atomic E-state index is 12.3. The molecule has 0 aliphatic heterocycles. The monoisotopic (exact) mass is 423 g/mol. The summed E-state index contributed by atoms with van der Waals surface area (Å²) in [5, 5.41) is 3.03. The summed E-state index contributed by atoms with van der Waals surface area (Å²) in [4.78, 5) is 24.4. The molecule has 0 spiro atoms. The normalized spacial score (nSPS) is 15.9. The molecular formula is C22H33NO5S. The molecule has 7 heteroatoms. The molecule has 1 aliphatic carbocycles. The highest BCUT2D eigenvalue weighted by atomic mass is 32.2. The molecule has 1 fully saturated rings. The van der Waals surface area contributed by atoms with Crippen molar-refractivity contribution < 1.29 is 23.8 Å². The molecule has 0 bridgehead atoms. The van der Waals surface area contributed by atoms with E-state index in [0.717, 1.165) is 36.8 Å². The van der Waals surface area contributed by atoms with Gasteiger partial charge in [0.05, 0.1) is 20.0 Å². The van der Waals surface area contributed by atoms with Crippen LogP contribution in [0, 0.1) is 6.92 Å². The minimum atomic E-state index is -0.769. The minimum Gasteiger partial charge on any atom is -0.493 e. The van der Waals surface area contributed by atoms with Crippen LogP contribution in [0.4, 0.5) is 0 Å². The number of hydrogen-bond acceptors (Lipinski definition) is 6. The molecule has 0 aromatic heterocycles. The highest BCUT2D eigenvalue weighted by molar-refractivity contribution is 7.99. The quantitative estimate of drug-likeness (QED) is 0.478. The van der Waals surface area contributed by atoms with Crippen LogP contribution in [0.2, 0.25) is 0 Å². The van der Waals surface area contributed by atoms with E-state index in [0.29, 0.717) is 17.3 Å². The van der Waals surface area contributed by atoms with Crippen molar-refractivity contribution in [1.82, 2.24) is 5.32 Å². The number of nitrogens with one attached hydrogen (secondary N) is 1. The Bertz CT molecular complexity index is 686. The number of esters is 1. The van der Waals surface area contributed by atoms with Gasteiger partial charge >= 0.3 is 5.97 Å². The van der Waals surface area contributed by atoms with Crippen molar-refractivity contribution in [3.8, 4) is 11.5 Å². The Hall–Kier alpha value is -1.89. The molecule has 162 valence electrons. The molecular weight excluding hydrogens is 390 g/mol. The SMILES string of the molecule is COc1cc(C)c(CSCC(=O)O[C@H](C)C(=O)NC2CCCCCC2)cc1OC. The van der Waals surface area contributed by atoms with Crippen LogP contribution in [0.3, 0.4) is 0 Å². The van der Waals surface area contributed by atoms with Crippen molar-refractivity contribution in [1.29, 1.82) is 0 Å². The Morgan fingerprint density at radius 2 is 1.72 bits per heavy atom.